The molecule has 0 spiro atoms. The van der Waals surface area contributed by atoms with Crippen molar-refractivity contribution in [1.29, 1.82) is 0 Å². The highest BCUT2D eigenvalue weighted by Crippen LogP contribution is 2.25. The lowest BCUT2D eigenvalue weighted by atomic mass is 10.2. The number of benzene rings is 1. The van der Waals surface area contributed by atoms with Crippen LogP contribution < -0.4 is 10.6 Å². The predicted molar refractivity (Wildman–Crippen MR) is 122 cm³/mol. The standard InChI is InChI=1S/C22H21F3N8O3/c1-34-10-9-33(16-5-3-2-4-6-16)21-30-17(29-20(26)31-21)18-28-19(36-32-18)14-7-8-15(27-11-14)12-35-13-22(23,24)25/h2-8,11H,9-10,12-13H2,1H3,(H2,26,29,30,31). The summed E-state index contributed by atoms with van der Waals surface area (Å²) in [6.45, 7) is -0.783. The van der Waals surface area contributed by atoms with Crippen LogP contribution in [0.25, 0.3) is 23.1 Å². The van der Waals surface area contributed by atoms with Crippen molar-refractivity contribution >= 4 is 17.6 Å². The smallest absolute Gasteiger partial charge is 0.383 e. The molecule has 0 unspecified atom stereocenters. The molecule has 0 saturated carbocycles. The highest BCUT2D eigenvalue weighted by molar-refractivity contribution is 5.61. The number of hydrogen-bond donors (Lipinski definition) is 1. The van der Waals surface area contributed by atoms with E-state index in [1.165, 1.54) is 12.3 Å². The average molecular weight is 502 g/mol. The SMILES string of the molecule is COCCN(c1ccccc1)c1nc(N)nc(-c2noc(-c3ccc(COCC(F)(F)F)nc3)n2)n1. The summed E-state index contributed by atoms with van der Waals surface area (Å²) in [5, 5.41) is 3.92. The molecule has 0 saturated heterocycles. The van der Waals surface area contributed by atoms with Crippen LogP contribution in [0.3, 0.4) is 0 Å². The fourth-order valence-electron chi connectivity index (χ4n) is 3.08. The van der Waals surface area contributed by atoms with Gasteiger partial charge in [-0.3, -0.25) is 4.98 Å². The largest absolute Gasteiger partial charge is 0.411 e. The minimum atomic E-state index is -4.40. The number of ether oxygens (including phenoxy) is 2. The first kappa shape index (κ1) is 24.9. The van der Waals surface area contributed by atoms with Gasteiger partial charge in [-0.2, -0.15) is 33.1 Å². The number of para-hydroxylation sites is 1. The number of nitrogens with zero attached hydrogens (tertiary/aromatic N) is 7. The number of nitrogen functional groups attached to an aromatic ring is 1. The van der Waals surface area contributed by atoms with Crippen LogP contribution in [0.2, 0.25) is 0 Å². The van der Waals surface area contributed by atoms with Crippen LogP contribution in [0.4, 0.5) is 30.8 Å². The van der Waals surface area contributed by atoms with Crippen molar-refractivity contribution in [1.82, 2.24) is 30.1 Å². The molecule has 4 rings (SSSR count). The summed E-state index contributed by atoms with van der Waals surface area (Å²) >= 11 is 0. The van der Waals surface area contributed by atoms with Gasteiger partial charge < -0.3 is 24.6 Å². The van der Waals surface area contributed by atoms with Gasteiger partial charge in [0.2, 0.25) is 23.5 Å². The Morgan fingerprint density at radius 1 is 1.00 bits per heavy atom. The zero-order valence-electron chi connectivity index (χ0n) is 19.0. The van der Waals surface area contributed by atoms with Crippen molar-refractivity contribution in [3.63, 3.8) is 0 Å². The molecule has 0 fully saturated rings. The van der Waals surface area contributed by atoms with Crippen molar-refractivity contribution < 1.29 is 27.2 Å². The summed E-state index contributed by atoms with van der Waals surface area (Å²) in [5.41, 5.74) is 7.53. The minimum Gasteiger partial charge on any atom is -0.383 e. The van der Waals surface area contributed by atoms with E-state index in [1.807, 2.05) is 35.2 Å². The van der Waals surface area contributed by atoms with Crippen LogP contribution in [0, 0.1) is 0 Å². The number of rotatable bonds is 10. The van der Waals surface area contributed by atoms with Crippen molar-refractivity contribution in [3.05, 3.63) is 54.4 Å². The van der Waals surface area contributed by atoms with E-state index < -0.39 is 12.8 Å². The zero-order valence-corrected chi connectivity index (χ0v) is 19.0. The van der Waals surface area contributed by atoms with Gasteiger partial charge in [0.05, 0.1) is 24.5 Å². The van der Waals surface area contributed by atoms with E-state index in [0.717, 1.165) is 5.69 Å². The molecular formula is C22H21F3N8O3. The molecule has 3 heterocycles. The lowest BCUT2D eigenvalue weighted by Gasteiger charge is -2.22. The maximum atomic E-state index is 12.2. The van der Waals surface area contributed by atoms with Gasteiger partial charge >= 0.3 is 6.18 Å². The van der Waals surface area contributed by atoms with Crippen molar-refractivity contribution in [3.8, 4) is 23.1 Å². The fourth-order valence-corrected chi connectivity index (χ4v) is 3.08. The number of alkyl halides is 3. The number of nitrogens with two attached hydrogens (primary N) is 1. The van der Waals surface area contributed by atoms with E-state index >= 15 is 0 Å². The van der Waals surface area contributed by atoms with Gasteiger partial charge in [0.1, 0.15) is 6.61 Å². The van der Waals surface area contributed by atoms with Crippen LogP contribution in [0.15, 0.2) is 53.2 Å². The third-order valence-electron chi connectivity index (χ3n) is 4.68. The molecule has 1 aromatic carbocycles. The van der Waals surface area contributed by atoms with Gasteiger partial charge in [-0.25, -0.2) is 0 Å². The van der Waals surface area contributed by atoms with Gasteiger partial charge in [0.15, 0.2) is 0 Å². The Labute approximate surface area is 203 Å². The molecule has 0 aliphatic carbocycles. The first-order valence-electron chi connectivity index (χ1n) is 10.6. The van der Waals surface area contributed by atoms with E-state index in [1.54, 1.807) is 13.2 Å². The van der Waals surface area contributed by atoms with E-state index in [-0.39, 0.29) is 36.0 Å². The molecule has 0 bridgehead atoms. The third kappa shape index (κ3) is 6.49. The Morgan fingerprint density at radius 2 is 1.81 bits per heavy atom. The molecule has 11 nitrogen and oxygen atoms in total. The first-order valence-corrected chi connectivity index (χ1v) is 10.6. The highest BCUT2D eigenvalue weighted by Gasteiger charge is 2.27. The zero-order chi connectivity index (χ0) is 25.5. The lowest BCUT2D eigenvalue weighted by Crippen LogP contribution is -2.24. The molecule has 0 aliphatic heterocycles. The first-order chi connectivity index (χ1) is 17.3. The molecule has 2 N–H and O–H groups in total. The number of halogens is 3. The summed E-state index contributed by atoms with van der Waals surface area (Å²) in [6.07, 6.45) is -3.01. The summed E-state index contributed by atoms with van der Waals surface area (Å²) in [4.78, 5) is 23.0. The number of methoxy groups -OCH3 is 1. The van der Waals surface area contributed by atoms with Crippen LogP contribution in [-0.2, 0) is 16.1 Å². The number of anilines is 3. The minimum absolute atomic E-state index is 0.0374. The average Bonchev–Trinajstić information content (AvgIpc) is 3.35. The Morgan fingerprint density at radius 3 is 2.50 bits per heavy atom. The maximum absolute atomic E-state index is 12.2. The highest BCUT2D eigenvalue weighted by atomic mass is 19.4. The second-order valence-corrected chi connectivity index (χ2v) is 7.37. The second-order valence-electron chi connectivity index (χ2n) is 7.37. The molecular weight excluding hydrogens is 481 g/mol. The molecule has 36 heavy (non-hydrogen) atoms. The molecule has 0 atom stereocenters. The lowest BCUT2D eigenvalue weighted by molar-refractivity contribution is -0.176. The quantitative estimate of drug-likeness (QED) is 0.341. The molecule has 3 aromatic heterocycles. The number of aromatic nitrogens is 6. The topological polar surface area (TPSA) is 138 Å². The number of pyridine rings is 1. The molecule has 0 amide bonds. The van der Waals surface area contributed by atoms with Crippen molar-refractivity contribution in [2.45, 2.75) is 12.8 Å². The van der Waals surface area contributed by atoms with Crippen LogP contribution >= 0.6 is 0 Å². The molecule has 0 aliphatic rings. The van der Waals surface area contributed by atoms with Crippen LogP contribution in [0.5, 0.6) is 0 Å². The summed E-state index contributed by atoms with van der Waals surface area (Å²) in [7, 11) is 1.59. The Bertz CT molecular complexity index is 1270. The predicted octanol–water partition coefficient (Wildman–Crippen LogP) is 3.43. The van der Waals surface area contributed by atoms with Crippen LogP contribution in [0.1, 0.15) is 5.69 Å². The van der Waals surface area contributed by atoms with Gasteiger partial charge in [-0.05, 0) is 24.3 Å². The van der Waals surface area contributed by atoms with Gasteiger partial charge in [-0.1, -0.05) is 23.4 Å². The molecule has 14 heteroatoms. The maximum Gasteiger partial charge on any atom is 0.411 e. The third-order valence-corrected chi connectivity index (χ3v) is 4.68. The Balaban J connectivity index is 1.54. The van der Waals surface area contributed by atoms with Crippen molar-refractivity contribution in [2.75, 3.05) is 37.5 Å². The van der Waals surface area contributed by atoms with E-state index in [2.05, 4.69) is 34.8 Å². The Hall–Kier alpha value is -4.17. The Kier molecular flexibility index (Phi) is 7.65. The number of hydrogen-bond acceptors (Lipinski definition) is 11. The van der Waals surface area contributed by atoms with Gasteiger partial charge in [0, 0.05) is 25.5 Å². The van der Waals surface area contributed by atoms with Gasteiger partial charge in [0.25, 0.3) is 5.89 Å². The van der Waals surface area contributed by atoms with E-state index in [0.29, 0.717) is 24.4 Å². The van der Waals surface area contributed by atoms with Crippen LogP contribution in [-0.4, -0.2) is 63.1 Å². The summed E-state index contributed by atoms with van der Waals surface area (Å²) in [6, 6.07) is 12.5. The fraction of sp³-hybridized carbons (Fsp3) is 0.273. The monoisotopic (exact) mass is 502 g/mol. The normalized spacial score (nSPS) is 11.6. The van der Waals surface area contributed by atoms with Gasteiger partial charge in [-0.15, -0.1) is 0 Å². The summed E-state index contributed by atoms with van der Waals surface area (Å²) in [5.74, 6) is 0.510. The molecule has 188 valence electrons. The van der Waals surface area contributed by atoms with Crippen molar-refractivity contribution in [2.24, 2.45) is 0 Å². The van der Waals surface area contributed by atoms with E-state index in [4.69, 9.17) is 15.0 Å². The van der Waals surface area contributed by atoms with E-state index in [9.17, 15) is 13.2 Å². The molecule has 0 radical (unpaired) electrons. The summed E-state index contributed by atoms with van der Waals surface area (Å²) < 4.78 is 51.8. The molecule has 4 aromatic rings. The second kappa shape index (κ2) is 11.0.